The number of hydrogen-bond acceptors (Lipinski definition) is 4. The molecule has 1 aromatic rings. The highest BCUT2D eigenvalue weighted by Crippen LogP contribution is 2.32. The Hall–Kier alpha value is -0.640. The van der Waals surface area contributed by atoms with Crippen LogP contribution in [0.1, 0.15) is 37.4 Å². The van der Waals surface area contributed by atoms with Crippen molar-refractivity contribution >= 4 is 16.7 Å². The van der Waals surface area contributed by atoms with Crippen LogP contribution in [0.4, 0.5) is 5.13 Å². The van der Waals surface area contributed by atoms with Gasteiger partial charge < -0.3 is 5.73 Å². The van der Waals surface area contributed by atoms with E-state index >= 15 is 0 Å². The van der Waals surface area contributed by atoms with Crippen LogP contribution in [0.25, 0.3) is 0 Å². The molecule has 0 saturated heterocycles. The van der Waals surface area contributed by atoms with E-state index in [1.807, 2.05) is 0 Å². The van der Waals surface area contributed by atoms with Crippen molar-refractivity contribution in [1.29, 1.82) is 0 Å². The molecule has 1 heterocycles. The molecule has 11 heavy (non-hydrogen) atoms. The van der Waals surface area contributed by atoms with Gasteiger partial charge in [-0.25, -0.2) is 4.98 Å². The van der Waals surface area contributed by atoms with Crippen molar-refractivity contribution in [2.45, 2.75) is 31.6 Å². The lowest BCUT2D eigenvalue weighted by Gasteiger charge is -2.00. The standard InChI is InChI=1S/C7H11N3S/c8-7-9-6(10-11-7)5-3-1-2-4-5/h5H,1-4H2,(H2,8,9,10). The molecule has 0 atom stereocenters. The molecular formula is C7H11N3S. The van der Waals surface area contributed by atoms with Gasteiger partial charge in [0, 0.05) is 17.5 Å². The summed E-state index contributed by atoms with van der Waals surface area (Å²) in [5.74, 6) is 1.58. The summed E-state index contributed by atoms with van der Waals surface area (Å²) < 4.78 is 4.20. The van der Waals surface area contributed by atoms with E-state index in [1.54, 1.807) is 0 Å². The van der Waals surface area contributed by atoms with Gasteiger partial charge in [-0.2, -0.15) is 4.37 Å². The zero-order chi connectivity index (χ0) is 7.68. The molecule has 0 amide bonds. The maximum atomic E-state index is 5.49. The Morgan fingerprint density at radius 1 is 1.36 bits per heavy atom. The summed E-state index contributed by atoms with van der Waals surface area (Å²) in [4.78, 5) is 4.18. The third-order valence-electron chi connectivity index (χ3n) is 2.18. The summed E-state index contributed by atoms with van der Waals surface area (Å²) in [6.45, 7) is 0. The highest BCUT2D eigenvalue weighted by Gasteiger charge is 2.20. The number of nitrogens with two attached hydrogens (primary N) is 1. The number of rotatable bonds is 1. The summed E-state index contributed by atoms with van der Waals surface area (Å²) >= 11 is 1.31. The van der Waals surface area contributed by atoms with Gasteiger partial charge in [0.1, 0.15) is 5.82 Å². The van der Waals surface area contributed by atoms with E-state index < -0.39 is 0 Å². The van der Waals surface area contributed by atoms with Crippen molar-refractivity contribution < 1.29 is 0 Å². The van der Waals surface area contributed by atoms with Gasteiger partial charge >= 0.3 is 0 Å². The van der Waals surface area contributed by atoms with Crippen LogP contribution in [-0.2, 0) is 0 Å². The number of nitrogens with zero attached hydrogens (tertiary/aromatic N) is 2. The topological polar surface area (TPSA) is 51.8 Å². The van der Waals surface area contributed by atoms with Crippen LogP contribution in [-0.4, -0.2) is 9.36 Å². The van der Waals surface area contributed by atoms with Crippen LogP contribution in [0.3, 0.4) is 0 Å². The minimum atomic E-state index is 0.601. The second-order valence-electron chi connectivity index (χ2n) is 2.97. The molecule has 0 spiro atoms. The van der Waals surface area contributed by atoms with Gasteiger partial charge in [0.15, 0.2) is 5.13 Å². The fourth-order valence-corrected chi connectivity index (χ4v) is 2.11. The van der Waals surface area contributed by atoms with Crippen molar-refractivity contribution in [1.82, 2.24) is 9.36 Å². The highest BCUT2D eigenvalue weighted by atomic mass is 32.1. The molecule has 0 bridgehead atoms. The van der Waals surface area contributed by atoms with Crippen molar-refractivity contribution in [2.24, 2.45) is 0 Å². The zero-order valence-corrected chi connectivity index (χ0v) is 7.10. The van der Waals surface area contributed by atoms with Crippen molar-refractivity contribution in [3.05, 3.63) is 5.82 Å². The Labute approximate surface area is 69.8 Å². The van der Waals surface area contributed by atoms with Crippen molar-refractivity contribution in [3.63, 3.8) is 0 Å². The lowest BCUT2D eigenvalue weighted by atomic mass is 10.1. The van der Waals surface area contributed by atoms with Gasteiger partial charge in [-0.3, -0.25) is 0 Å². The lowest BCUT2D eigenvalue weighted by molar-refractivity contribution is 0.682. The molecule has 0 radical (unpaired) electrons. The molecule has 0 aliphatic heterocycles. The number of aromatic nitrogens is 2. The largest absolute Gasteiger partial charge is 0.374 e. The molecule has 2 rings (SSSR count). The Kier molecular flexibility index (Phi) is 1.77. The quantitative estimate of drug-likeness (QED) is 0.697. The Morgan fingerprint density at radius 2 is 2.09 bits per heavy atom. The predicted molar refractivity (Wildman–Crippen MR) is 45.5 cm³/mol. The maximum Gasteiger partial charge on any atom is 0.199 e. The average molecular weight is 169 g/mol. The fourth-order valence-electron chi connectivity index (χ4n) is 1.60. The molecule has 60 valence electrons. The minimum Gasteiger partial charge on any atom is -0.374 e. The first-order chi connectivity index (χ1) is 5.36. The summed E-state index contributed by atoms with van der Waals surface area (Å²) in [6, 6.07) is 0. The zero-order valence-electron chi connectivity index (χ0n) is 6.29. The van der Waals surface area contributed by atoms with E-state index in [4.69, 9.17) is 5.73 Å². The Balaban J connectivity index is 2.15. The summed E-state index contributed by atoms with van der Waals surface area (Å²) in [7, 11) is 0. The predicted octanol–water partition coefficient (Wildman–Crippen LogP) is 1.78. The summed E-state index contributed by atoms with van der Waals surface area (Å²) in [5, 5.41) is 0.604. The number of nitrogen functional groups attached to an aromatic ring is 1. The summed E-state index contributed by atoms with van der Waals surface area (Å²) in [5.41, 5.74) is 5.49. The van der Waals surface area contributed by atoms with E-state index in [0.717, 1.165) is 5.82 Å². The molecular weight excluding hydrogens is 158 g/mol. The van der Waals surface area contributed by atoms with E-state index in [0.29, 0.717) is 11.0 Å². The van der Waals surface area contributed by atoms with E-state index in [2.05, 4.69) is 9.36 Å². The number of anilines is 1. The van der Waals surface area contributed by atoms with Gasteiger partial charge in [0.25, 0.3) is 0 Å². The SMILES string of the molecule is Nc1nc(C2CCCC2)ns1. The van der Waals surface area contributed by atoms with Crippen LogP contribution in [0.5, 0.6) is 0 Å². The molecule has 1 fully saturated rings. The fraction of sp³-hybridized carbons (Fsp3) is 0.714. The van der Waals surface area contributed by atoms with Crippen LogP contribution in [0.15, 0.2) is 0 Å². The monoisotopic (exact) mass is 169 g/mol. The van der Waals surface area contributed by atoms with E-state index in [9.17, 15) is 0 Å². The lowest BCUT2D eigenvalue weighted by Crippen LogP contribution is -1.94. The second kappa shape index (κ2) is 2.77. The van der Waals surface area contributed by atoms with Gasteiger partial charge in [-0.1, -0.05) is 12.8 Å². The van der Waals surface area contributed by atoms with Crippen molar-refractivity contribution in [2.75, 3.05) is 5.73 Å². The van der Waals surface area contributed by atoms with Crippen LogP contribution < -0.4 is 5.73 Å². The number of hydrogen-bond donors (Lipinski definition) is 1. The van der Waals surface area contributed by atoms with Crippen LogP contribution in [0.2, 0.25) is 0 Å². The van der Waals surface area contributed by atoms with Gasteiger partial charge in [0.2, 0.25) is 0 Å². The smallest absolute Gasteiger partial charge is 0.199 e. The molecule has 2 N–H and O–H groups in total. The van der Waals surface area contributed by atoms with Gasteiger partial charge in [-0.05, 0) is 12.8 Å². The molecule has 0 aromatic carbocycles. The van der Waals surface area contributed by atoms with Crippen LogP contribution in [0, 0.1) is 0 Å². The first-order valence-corrected chi connectivity index (χ1v) is 4.72. The third kappa shape index (κ3) is 1.35. The molecule has 0 unspecified atom stereocenters. The molecule has 3 nitrogen and oxygen atoms in total. The Bertz CT molecular complexity index is 240. The normalized spacial score (nSPS) is 19.3. The highest BCUT2D eigenvalue weighted by molar-refractivity contribution is 7.09. The first-order valence-electron chi connectivity index (χ1n) is 3.95. The Morgan fingerprint density at radius 3 is 2.64 bits per heavy atom. The second-order valence-corrected chi connectivity index (χ2v) is 3.76. The van der Waals surface area contributed by atoms with Crippen LogP contribution >= 0.6 is 11.5 Å². The molecule has 1 aromatic heterocycles. The van der Waals surface area contributed by atoms with Gasteiger partial charge in [-0.15, -0.1) is 0 Å². The van der Waals surface area contributed by atoms with E-state index in [1.165, 1.54) is 37.2 Å². The summed E-state index contributed by atoms with van der Waals surface area (Å²) in [6.07, 6.45) is 5.14. The molecule has 1 aliphatic carbocycles. The van der Waals surface area contributed by atoms with Crippen molar-refractivity contribution in [3.8, 4) is 0 Å². The third-order valence-corrected chi connectivity index (χ3v) is 2.73. The maximum absolute atomic E-state index is 5.49. The first kappa shape index (κ1) is 7.03. The van der Waals surface area contributed by atoms with E-state index in [-0.39, 0.29) is 0 Å². The average Bonchev–Trinajstić information content (AvgIpc) is 2.55. The molecule has 1 saturated carbocycles. The molecule has 1 aliphatic rings. The minimum absolute atomic E-state index is 0.601. The van der Waals surface area contributed by atoms with Gasteiger partial charge in [0.05, 0.1) is 0 Å². The molecule has 4 heteroatoms.